The second kappa shape index (κ2) is 9.64. The van der Waals surface area contributed by atoms with Gasteiger partial charge in [-0.3, -0.25) is 0 Å². The molecule has 0 bridgehead atoms. The van der Waals surface area contributed by atoms with E-state index >= 15 is 0 Å². The lowest BCUT2D eigenvalue weighted by molar-refractivity contribution is 0.242. The lowest BCUT2D eigenvalue weighted by Gasteiger charge is -2.14. The van der Waals surface area contributed by atoms with Gasteiger partial charge in [0, 0.05) is 30.6 Å². The van der Waals surface area contributed by atoms with Crippen molar-refractivity contribution >= 4 is 21.2 Å². The molecule has 4 rings (SSSR count). The summed E-state index contributed by atoms with van der Waals surface area (Å²) in [5.41, 5.74) is 5.10. The molecule has 1 aromatic heterocycles. The Kier molecular flexibility index (Phi) is 6.84. The zero-order valence-corrected chi connectivity index (χ0v) is 20.6. The van der Waals surface area contributed by atoms with Gasteiger partial charge in [0.1, 0.15) is 26.7 Å². The first kappa shape index (κ1) is 23.4. The number of nitriles is 1. The highest BCUT2D eigenvalue weighted by Crippen LogP contribution is 2.41. The molecule has 0 aliphatic heterocycles. The first-order valence-electron chi connectivity index (χ1n) is 11.0. The minimum absolute atomic E-state index is 0.000665. The molecule has 2 aromatic carbocycles. The third kappa shape index (κ3) is 5.44. The molecule has 1 aliphatic rings. The number of sulfone groups is 1. The molecule has 6 nitrogen and oxygen atoms in total. The summed E-state index contributed by atoms with van der Waals surface area (Å²) in [4.78, 5) is 5.72. The van der Waals surface area contributed by atoms with Crippen LogP contribution >= 0.6 is 11.3 Å². The molecule has 1 N–H and O–H groups in total. The third-order valence-corrected chi connectivity index (χ3v) is 7.64. The molecule has 0 spiro atoms. The summed E-state index contributed by atoms with van der Waals surface area (Å²) in [6, 6.07) is 14.3. The molecule has 0 radical (unpaired) electrons. The highest BCUT2D eigenvalue weighted by atomic mass is 32.2. The molecule has 1 atom stereocenters. The molecule has 172 valence electrons. The van der Waals surface area contributed by atoms with Crippen LogP contribution in [0.25, 0.3) is 21.0 Å². The van der Waals surface area contributed by atoms with E-state index in [1.807, 2.05) is 38.2 Å². The minimum Gasteiger partial charge on any atom is -0.490 e. The standard InChI is InChI=1S/C25H27N3O3S2/c1-16(2)31-23-10-7-17(13-18(23)14-26)25-28-15-24(32-25)21-6-4-5-20-19(21)8-9-22(20)27-11-12-33(3,29)30/h4-7,10,13,15-16,22,27H,8-9,11-12H2,1-3H3/t22-/m1/s1. The van der Waals surface area contributed by atoms with Gasteiger partial charge in [-0.1, -0.05) is 18.2 Å². The molecule has 1 aliphatic carbocycles. The first-order chi connectivity index (χ1) is 15.7. The molecule has 8 heteroatoms. The van der Waals surface area contributed by atoms with E-state index < -0.39 is 9.84 Å². The van der Waals surface area contributed by atoms with E-state index in [2.05, 4.69) is 34.6 Å². The van der Waals surface area contributed by atoms with E-state index in [0.717, 1.165) is 28.3 Å². The van der Waals surface area contributed by atoms with Crippen LogP contribution in [0, 0.1) is 11.3 Å². The Bertz CT molecular complexity index is 1310. The summed E-state index contributed by atoms with van der Waals surface area (Å²) in [5, 5.41) is 13.8. The topological polar surface area (TPSA) is 92.1 Å². The van der Waals surface area contributed by atoms with Crippen molar-refractivity contribution in [3.8, 4) is 32.8 Å². The predicted molar refractivity (Wildman–Crippen MR) is 132 cm³/mol. The molecule has 0 saturated carbocycles. The van der Waals surface area contributed by atoms with Crippen LogP contribution in [0.4, 0.5) is 0 Å². The zero-order valence-electron chi connectivity index (χ0n) is 19.0. The lowest BCUT2D eigenvalue weighted by Crippen LogP contribution is -2.25. The van der Waals surface area contributed by atoms with Crippen LogP contribution in [0.5, 0.6) is 5.75 Å². The van der Waals surface area contributed by atoms with Gasteiger partial charge in [-0.15, -0.1) is 11.3 Å². The predicted octanol–water partition coefficient (Wildman–Crippen LogP) is 4.76. The monoisotopic (exact) mass is 481 g/mol. The van der Waals surface area contributed by atoms with Gasteiger partial charge in [0.15, 0.2) is 0 Å². The maximum atomic E-state index is 11.4. The van der Waals surface area contributed by atoms with Crippen LogP contribution in [-0.2, 0) is 16.3 Å². The van der Waals surface area contributed by atoms with Gasteiger partial charge in [-0.05, 0) is 61.6 Å². The van der Waals surface area contributed by atoms with Crippen molar-refractivity contribution in [1.82, 2.24) is 10.3 Å². The number of nitrogens with one attached hydrogen (secondary N) is 1. The van der Waals surface area contributed by atoms with Crippen molar-refractivity contribution in [2.45, 2.75) is 38.8 Å². The molecule has 0 unspecified atom stereocenters. The average Bonchev–Trinajstić information content (AvgIpc) is 3.40. The molecule has 1 heterocycles. The number of fused-ring (bicyclic) bond motifs is 1. The fourth-order valence-electron chi connectivity index (χ4n) is 4.15. The van der Waals surface area contributed by atoms with Gasteiger partial charge >= 0.3 is 0 Å². The molecule has 33 heavy (non-hydrogen) atoms. The van der Waals surface area contributed by atoms with Gasteiger partial charge < -0.3 is 10.1 Å². The van der Waals surface area contributed by atoms with E-state index in [0.29, 0.717) is 17.9 Å². The van der Waals surface area contributed by atoms with E-state index in [9.17, 15) is 13.7 Å². The van der Waals surface area contributed by atoms with Crippen LogP contribution in [0.15, 0.2) is 42.6 Å². The molecular weight excluding hydrogens is 454 g/mol. The van der Waals surface area contributed by atoms with Crippen LogP contribution in [-0.4, -0.2) is 38.1 Å². The van der Waals surface area contributed by atoms with Crippen LogP contribution in [0.2, 0.25) is 0 Å². The van der Waals surface area contributed by atoms with E-state index in [-0.39, 0.29) is 17.9 Å². The number of nitrogens with zero attached hydrogens (tertiary/aromatic N) is 2. The summed E-state index contributed by atoms with van der Waals surface area (Å²) in [6.07, 6.45) is 5.05. The third-order valence-electron chi connectivity index (χ3n) is 5.62. The Hall–Kier alpha value is -2.73. The molecular formula is C25H27N3O3S2. The summed E-state index contributed by atoms with van der Waals surface area (Å²) >= 11 is 1.61. The van der Waals surface area contributed by atoms with Crippen LogP contribution < -0.4 is 10.1 Å². The van der Waals surface area contributed by atoms with E-state index in [1.54, 1.807) is 11.3 Å². The van der Waals surface area contributed by atoms with E-state index in [1.165, 1.54) is 22.9 Å². The average molecular weight is 482 g/mol. The Morgan fingerprint density at radius 3 is 2.85 bits per heavy atom. The highest BCUT2D eigenvalue weighted by Gasteiger charge is 2.25. The smallest absolute Gasteiger partial charge is 0.148 e. The number of benzene rings is 2. The van der Waals surface area contributed by atoms with Crippen molar-refractivity contribution in [2.75, 3.05) is 18.6 Å². The second-order valence-electron chi connectivity index (χ2n) is 8.57. The summed E-state index contributed by atoms with van der Waals surface area (Å²) in [7, 11) is -2.98. The SMILES string of the molecule is CC(C)Oc1ccc(-c2ncc(-c3cccc4c3CC[C@H]4NCCS(C)(=O)=O)s2)cc1C#N. The van der Waals surface area contributed by atoms with Crippen molar-refractivity contribution in [3.05, 3.63) is 59.3 Å². The van der Waals surface area contributed by atoms with Crippen LogP contribution in [0.1, 0.15) is 43.0 Å². The van der Waals surface area contributed by atoms with Crippen molar-refractivity contribution < 1.29 is 13.2 Å². The fraction of sp³-hybridized carbons (Fsp3) is 0.360. The van der Waals surface area contributed by atoms with Gasteiger partial charge in [0.25, 0.3) is 0 Å². The maximum absolute atomic E-state index is 11.4. The van der Waals surface area contributed by atoms with Crippen molar-refractivity contribution in [3.63, 3.8) is 0 Å². The van der Waals surface area contributed by atoms with Crippen LogP contribution in [0.3, 0.4) is 0 Å². The summed E-state index contributed by atoms with van der Waals surface area (Å²) in [5.74, 6) is 0.728. The number of hydrogen-bond acceptors (Lipinski definition) is 7. The molecule has 0 fully saturated rings. The number of hydrogen-bond donors (Lipinski definition) is 1. The largest absolute Gasteiger partial charge is 0.490 e. The maximum Gasteiger partial charge on any atom is 0.148 e. The fourth-order valence-corrected chi connectivity index (χ4v) is 5.61. The normalized spacial score (nSPS) is 15.4. The quantitative estimate of drug-likeness (QED) is 0.499. The minimum atomic E-state index is -2.98. The Labute approximate surface area is 199 Å². The first-order valence-corrected chi connectivity index (χ1v) is 13.8. The Balaban J connectivity index is 1.57. The second-order valence-corrected chi connectivity index (χ2v) is 11.9. The zero-order chi connectivity index (χ0) is 23.6. The van der Waals surface area contributed by atoms with Gasteiger partial charge in [-0.25, -0.2) is 13.4 Å². The number of thiazole rings is 1. The van der Waals surface area contributed by atoms with Gasteiger partial charge in [0.05, 0.1) is 22.3 Å². The molecule has 3 aromatic rings. The Morgan fingerprint density at radius 1 is 1.30 bits per heavy atom. The van der Waals surface area contributed by atoms with Crippen molar-refractivity contribution in [2.24, 2.45) is 0 Å². The lowest BCUT2D eigenvalue weighted by atomic mass is 10.0. The molecule has 0 saturated heterocycles. The molecule has 0 amide bonds. The summed E-state index contributed by atoms with van der Waals surface area (Å²) < 4.78 is 28.6. The highest BCUT2D eigenvalue weighted by molar-refractivity contribution is 7.90. The van der Waals surface area contributed by atoms with Gasteiger partial charge in [0.2, 0.25) is 0 Å². The van der Waals surface area contributed by atoms with Gasteiger partial charge in [-0.2, -0.15) is 5.26 Å². The summed E-state index contributed by atoms with van der Waals surface area (Å²) in [6.45, 7) is 4.33. The Morgan fingerprint density at radius 2 is 2.12 bits per heavy atom. The van der Waals surface area contributed by atoms with Crippen molar-refractivity contribution in [1.29, 1.82) is 5.26 Å². The van der Waals surface area contributed by atoms with E-state index in [4.69, 9.17) is 4.74 Å². The number of aromatic nitrogens is 1. The number of ether oxygens (including phenoxy) is 1. The number of rotatable bonds is 8.